The molecule has 23 heavy (non-hydrogen) atoms. The van der Waals surface area contributed by atoms with Crippen LogP contribution in [0, 0.1) is 0 Å². The zero-order chi connectivity index (χ0) is 17.0. The third kappa shape index (κ3) is 7.45. The van der Waals surface area contributed by atoms with Gasteiger partial charge in [0, 0.05) is 32.5 Å². The fourth-order valence-electron chi connectivity index (χ4n) is 2.25. The van der Waals surface area contributed by atoms with Gasteiger partial charge < -0.3 is 22.8 Å². The van der Waals surface area contributed by atoms with Crippen molar-refractivity contribution >= 4 is 8.80 Å². The van der Waals surface area contributed by atoms with E-state index in [1.54, 1.807) is 0 Å². The highest BCUT2D eigenvalue weighted by Crippen LogP contribution is 2.19. The molecule has 0 spiro atoms. The van der Waals surface area contributed by atoms with Crippen molar-refractivity contribution in [2.45, 2.75) is 33.7 Å². The number of rotatable bonds is 13. The molecule has 0 radical (unpaired) electrons. The summed E-state index contributed by atoms with van der Waals surface area (Å²) in [7, 11) is -2.65. The molecular formula is C17H30O5Si. The summed E-state index contributed by atoms with van der Waals surface area (Å²) in [5.74, 6) is 0.838. The van der Waals surface area contributed by atoms with Crippen molar-refractivity contribution in [1.82, 2.24) is 0 Å². The van der Waals surface area contributed by atoms with E-state index in [0.29, 0.717) is 45.7 Å². The number of ether oxygens (including phenoxy) is 2. The molecule has 1 aromatic rings. The van der Waals surface area contributed by atoms with Crippen molar-refractivity contribution in [2.24, 2.45) is 0 Å². The highest BCUT2D eigenvalue weighted by atomic mass is 28.4. The van der Waals surface area contributed by atoms with Crippen LogP contribution < -0.4 is 4.74 Å². The van der Waals surface area contributed by atoms with Crippen molar-refractivity contribution in [3.8, 4) is 5.75 Å². The van der Waals surface area contributed by atoms with Crippen LogP contribution in [0.2, 0.25) is 0 Å². The molecule has 0 saturated heterocycles. The Morgan fingerprint density at radius 3 is 1.78 bits per heavy atom. The summed E-state index contributed by atoms with van der Waals surface area (Å²) in [6.45, 7) is 11.5. The van der Waals surface area contributed by atoms with Gasteiger partial charge in [-0.25, -0.2) is 0 Å². The lowest BCUT2D eigenvalue weighted by molar-refractivity contribution is 0.0704. The van der Waals surface area contributed by atoms with Gasteiger partial charge in [0.2, 0.25) is 0 Å². The Morgan fingerprint density at radius 1 is 0.739 bits per heavy atom. The summed E-state index contributed by atoms with van der Waals surface area (Å²) in [6.07, 6.45) is 0. The van der Waals surface area contributed by atoms with Crippen molar-refractivity contribution in [2.75, 3.05) is 39.6 Å². The molecule has 0 aliphatic heterocycles. The van der Waals surface area contributed by atoms with Crippen LogP contribution in [-0.2, 0) is 24.1 Å². The second kappa shape index (κ2) is 11.6. The third-order valence-electron chi connectivity index (χ3n) is 3.14. The first-order valence-corrected chi connectivity index (χ1v) is 10.3. The standard InChI is InChI=1S/C17H30O5Si/c1-5-18-13-14-19-17-11-9-16(10-12-17)15-23(20-6-2,21-7-3)22-8-4/h9-12H,5-8,13-15H2,1-4H3. The van der Waals surface area contributed by atoms with E-state index in [4.69, 9.17) is 22.8 Å². The first-order valence-electron chi connectivity index (χ1n) is 8.41. The van der Waals surface area contributed by atoms with Crippen LogP contribution in [0.1, 0.15) is 33.3 Å². The summed E-state index contributed by atoms with van der Waals surface area (Å²) in [5.41, 5.74) is 1.13. The Bertz CT molecular complexity index is 393. The molecular weight excluding hydrogens is 312 g/mol. The van der Waals surface area contributed by atoms with Gasteiger partial charge in [-0.3, -0.25) is 0 Å². The first kappa shape index (κ1) is 20.1. The van der Waals surface area contributed by atoms with Crippen LogP contribution in [0.25, 0.3) is 0 Å². The summed E-state index contributed by atoms with van der Waals surface area (Å²) < 4.78 is 28.5. The average Bonchev–Trinajstić information content (AvgIpc) is 2.54. The Kier molecular flexibility index (Phi) is 10.1. The Balaban J connectivity index is 2.65. The molecule has 5 nitrogen and oxygen atoms in total. The molecule has 0 atom stereocenters. The minimum absolute atomic E-state index is 0.558. The molecule has 0 amide bonds. The Labute approximate surface area is 141 Å². The third-order valence-corrected chi connectivity index (χ3v) is 6.16. The quantitative estimate of drug-likeness (QED) is 0.407. The smallest absolute Gasteiger partial charge is 0.491 e. The lowest BCUT2D eigenvalue weighted by Gasteiger charge is -2.28. The van der Waals surface area contributed by atoms with Crippen LogP contribution in [0.4, 0.5) is 0 Å². The van der Waals surface area contributed by atoms with Crippen LogP contribution in [-0.4, -0.2) is 48.4 Å². The lowest BCUT2D eigenvalue weighted by atomic mass is 10.2. The molecule has 0 aliphatic rings. The van der Waals surface area contributed by atoms with Gasteiger partial charge in [-0.2, -0.15) is 0 Å². The van der Waals surface area contributed by atoms with E-state index in [2.05, 4.69) is 0 Å². The molecule has 6 heteroatoms. The van der Waals surface area contributed by atoms with Gasteiger partial charge in [0.1, 0.15) is 12.4 Å². The van der Waals surface area contributed by atoms with Crippen LogP contribution >= 0.6 is 0 Å². The molecule has 0 heterocycles. The summed E-state index contributed by atoms with van der Waals surface area (Å²) in [5, 5.41) is 0. The Morgan fingerprint density at radius 2 is 1.30 bits per heavy atom. The van der Waals surface area contributed by atoms with E-state index in [9.17, 15) is 0 Å². The summed E-state index contributed by atoms with van der Waals surface area (Å²) in [4.78, 5) is 0. The van der Waals surface area contributed by atoms with E-state index >= 15 is 0 Å². The van der Waals surface area contributed by atoms with E-state index in [1.165, 1.54) is 0 Å². The van der Waals surface area contributed by atoms with E-state index < -0.39 is 8.80 Å². The topological polar surface area (TPSA) is 46.2 Å². The molecule has 132 valence electrons. The highest BCUT2D eigenvalue weighted by molar-refractivity contribution is 6.60. The predicted molar refractivity (Wildman–Crippen MR) is 92.8 cm³/mol. The van der Waals surface area contributed by atoms with Crippen molar-refractivity contribution in [3.05, 3.63) is 29.8 Å². The molecule has 0 aromatic heterocycles. The number of hydrogen-bond acceptors (Lipinski definition) is 5. The van der Waals surface area contributed by atoms with E-state index in [1.807, 2.05) is 52.0 Å². The largest absolute Gasteiger partial charge is 0.505 e. The van der Waals surface area contributed by atoms with E-state index in [-0.39, 0.29) is 0 Å². The highest BCUT2D eigenvalue weighted by Gasteiger charge is 2.40. The van der Waals surface area contributed by atoms with Crippen molar-refractivity contribution in [3.63, 3.8) is 0 Å². The van der Waals surface area contributed by atoms with Gasteiger partial charge in [0.25, 0.3) is 0 Å². The van der Waals surface area contributed by atoms with Gasteiger partial charge >= 0.3 is 8.80 Å². The maximum absolute atomic E-state index is 5.88. The Hall–Kier alpha value is -0.923. The number of benzene rings is 1. The average molecular weight is 343 g/mol. The molecule has 0 fully saturated rings. The maximum Gasteiger partial charge on any atom is 0.505 e. The molecule has 0 N–H and O–H groups in total. The fraction of sp³-hybridized carbons (Fsp3) is 0.647. The predicted octanol–water partition coefficient (Wildman–Crippen LogP) is 3.23. The van der Waals surface area contributed by atoms with Crippen LogP contribution in [0.15, 0.2) is 24.3 Å². The zero-order valence-electron chi connectivity index (χ0n) is 14.8. The van der Waals surface area contributed by atoms with Gasteiger partial charge in [0.05, 0.1) is 6.61 Å². The molecule has 0 bridgehead atoms. The second-order valence-electron chi connectivity index (χ2n) is 4.85. The fourth-order valence-corrected chi connectivity index (χ4v) is 4.87. The van der Waals surface area contributed by atoms with E-state index in [0.717, 1.165) is 11.3 Å². The first-order chi connectivity index (χ1) is 11.2. The van der Waals surface area contributed by atoms with Gasteiger partial charge in [0.15, 0.2) is 0 Å². The maximum atomic E-state index is 5.88. The zero-order valence-corrected chi connectivity index (χ0v) is 15.8. The minimum atomic E-state index is -2.65. The molecule has 1 rings (SSSR count). The lowest BCUT2D eigenvalue weighted by Crippen LogP contribution is -2.48. The SMILES string of the molecule is CCOCCOc1ccc(C[Si](OCC)(OCC)OCC)cc1. The van der Waals surface area contributed by atoms with Crippen LogP contribution in [0.5, 0.6) is 5.75 Å². The molecule has 0 aliphatic carbocycles. The summed E-state index contributed by atoms with van der Waals surface area (Å²) >= 11 is 0. The van der Waals surface area contributed by atoms with Gasteiger partial charge in [-0.1, -0.05) is 12.1 Å². The monoisotopic (exact) mass is 342 g/mol. The normalized spacial score (nSPS) is 11.7. The second-order valence-corrected chi connectivity index (χ2v) is 7.43. The summed E-state index contributed by atoms with van der Waals surface area (Å²) in [6, 6.07) is 8.67. The minimum Gasteiger partial charge on any atom is -0.491 e. The van der Waals surface area contributed by atoms with Crippen molar-refractivity contribution in [1.29, 1.82) is 0 Å². The van der Waals surface area contributed by atoms with Gasteiger partial charge in [-0.05, 0) is 45.4 Å². The van der Waals surface area contributed by atoms with Gasteiger partial charge in [-0.15, -0.1) is 0 Å². The van der Waals surface area contributed by atoms with Crippen LogP contribution in [0.3, 0.4) is 0 Å². The molecule has 0 unspecified atom stereocenters. The van der Waals surface area contributed by atoms with Crippen molar-refractivity contribution < 1.29 is 22.8 Å². The molecule has 1 aromatic carbocycles. The molecule has 0 saturated carbocycles. The number of hydrogen-bond donors (Lipinski definition) is 0.